The van der Waals surface area contributed by atoms with Gasteiger partial charge in [-0.2, -0.15) is 5.26 Å². The Morgan fingerprint density at radius 1 is 1.10 bits per heavy atom. The number of fused-ring (bicyclic) bond motifs is 2. The van der Waals surface area contributed by atoms with E-state index in [2.05, 4.69) is 16.3 Å². The molecule has 3 aromatic carbocycles. The molecule has 3 aliphatic rings. The average molecular weight is 692 g/mol. The predicted octanol–water partition coefficient (Wildman–Crippen LogP) is 5.69. The molecule has 2 amide bonds. The monoisotopic (exact) mass is 691 g/mol. The van der Waals surface area contributed by atoms with Gasteiger partial charge < -0.3 is 29.3 Å². The summed E-state index contributed by atoms with van der Waals surface area (Å²) in [6, 6.07) is 16.0. The number of likely N-dealkylation sites (N-methyl/N-ethyl adjacent to an activating group) is 1. The number of halogens is 1. The van der Waals surface area contributed by atoms with E-state index in [9.17, 15) is 24.0 Å². The minimum atomic E-state index is -0.769. The van der Waals surface area contributed by atoms with E-state index in [4.69, 9.17) is 9.39 Å². The van der Waals surface area contributed by atoms with Crippen molar-refractivity contribution in [2.75, 3.05) is 26.7 Å². The van der Waals surface area contributed by atoms with Crippen molar-refractivity contribution in [3.63, 3.8) is 0 Å². The molecule has 51 heavy (non-hydrogen) atoms. The van der Waals surface area contributed by atoms with E-state index in [0.717, 1.165) is 117 Å². The molecular formula is C40H45BFN4O5. The van der Waals surface area contributed by atoms with Crippen molar-refractivity contribution in [3.8, 4) is 17.6 Å². The first kappa shape index (κ1) is 36.3. The van der Waals surface area contributed by atoms with Gasteiger partial charge >= 0.3 is 7.48 Å². The molecule has 1 unspecified atom stereocenters. The first-order chi connectivity index (χ1) is 24.9. The van der Waals surface area contributed by atoms with Crippen LogP contribution in [-0.4, -0.2) is 68.1 Å². The van der Waals surface area contributed by atoms with Gasteiger partial charge in [-0.15, -0.1) is 0 Å². The topological polar surface area (TPSA) is 112 Å². The normalized spacial score (nSPS) is 16.3. The Morgan fingerprint density at radius 3 is 2.65 bits per heavy atom. The van der Waals surface area contributed by atoms with Crippen LogP contribution in [-0.2, 0) is 33.8 Å². The highest BCUT2D eigenvalue weighted by Crippen LogP contribution is 2.37. The Balaban J connectivity index is 0.931. The molecule has 1 saturated heterocycles. The fraction of sp³-hybridized carbons (Fsp3) is 0.450. The highest BCUT2D eigenvalue weighted by Gasteiger charge is 2.38. The smallest absolute Gasteiger partial charge is 0.330 e. The van der Waals surface area contributed by atoms with Gasteiger partial charge in [-0.25, -0.2) is 4.39 Å². The van der Waals surface area contributed by atoms with Gasteiger partial charge in [0.25, 0.3) is 5.91 Å². The summed E-state index contributed by atoms with van der Waals surface area (Å²) < 4.78 is 26.3. The third-order valence-electron chi connectivity index (χ3n) is 10.5. The van der Waals surface area contributed by atoms with E-state index < -0.39 is 11.9 Å². The number of unbranched alkanes of at least 4 members (excludes halogenated alkanes) is 4. The summed E-state index contributed by atoms with van der Waals surface area (Å²) in [4.78, 5) is 40.9. The van der Waals surface area contributed by atoms with E-state index in [1.807, 2.05) is 36.4 Å². The number of rotatable bonds is 16. The van der Waals surface area contributed by atoms with Gasteiger partial charge in [-0.3, -0.25) is 9.59 Å². The number of piperidine rings is 1. The maximum absolute atomic E-state index is 14.8. The first-order valence-corrected chi connectivity index (χ1v) is 18.2. The number of carbonyl (C=O) groups is 3. The Bertz CT molecular complexity index is 1790. The van der Waals surface area contributed by atoms with E-state index in [0.29, 0.717) is 17.7 Å². The zero-order valence-corrected chi connectivity index (χ0v) is 29.3. The maximum atomic E-state index is 14.8. The summed E-state index contributed by atoms with van der Waals surface area (Å²) in [6.07, 6.45) is 9.24. The molecule has 0 spiro atoms. The molecular weight excluding hydrogens is 646 g/mol. The summed E-state index contributed by atoms with van der Waals surface area (Å²) in [5.41, 5.74) is 5.91. The molecule has 265 valence electrons. The number of aldehydes is 1. The average Bonchev–Trinajstić information content (AvgIpc) is 3.75. The number of nitrogens with zero attached hydrogens (tertiary/aromatic N) is 3. The fourth-order valence-corrected chi connectivity index (χ4v) is 7.70. The number of carbonyl (C=O) groups excluding carboxylic acids is 3. The Morgan fingerprint density at radius 2 is 1.86 bits per heavy atom. The lowest BCUT2D eigenvalue weighted by molar-refractivity contribution is -0.125. The Hall–Kier alpha value is -4.53. The molecule has 0 bridgehead atoms. The number of likely N-dealkylation sites (tertiary alicyclic amines) is 1. The fourth-order valence-electron chi connectivity index (χ4n) is 7.70. The van der Waals surface area contributed by atoms with Crippen molar-refractivity contribution < 1.29 is 28.2 Å². The number of hydrogen-bond donors (Lipinski definition) is 1. The van der Waals surface area contributed by atoms with Crippen molar-refractivity contribution >= 4 is 31.0 Å². The molecule has 6 rings (SSSR count). The van der Waals surface area contributed by atoms with Gasteiger partial charge in [0.2, 0.25) is 5.91 Å². The molecule has 0 saturated carbocycles. The molecule has 1 atom stereocenters. The molecule has 1 N–H and O–H groups in total. The third kappa shape index (κ3) is 8.69. The summed E-state index contributed by atoms with van der Waals surface area (Å²) >= 11 is 0. The van der Waals surface area contributed by atoms with E-state index >= 15 is 0 Å². The largest absolute Gasteiger partial charge is 0.457 e. The summed E-state index contributed by atoms with van der Waals surface area (Å²) in [6.45, 7) is 3.67. The van der Waals surface area contributed by atoms with Gasteiger partial charge in [0.15, 0.2) is 0 Å². The van der Waals surface area contributed by atoms with Crippen LogP contribution in [0.5, 0.6) is 11.5 Å². The molecule has 1 radical (unpaired) electrons. The third-order valence-corrected chi connectivity index (χ3v) is 10.5. The van der Waals surface area contributed by atoms with Gasteiger partial charge in [-0.1, -0.05) is 25.3 Å². The number of nitrogens with one attached hydrogen (secondary N) is 1. The number of benzene rings is 3. The van der Waals surface area contributed by atoms with Gasteiger partial charge in [0.05, 0.1) is 18.2 Å². The van der Waals surface area contributed by atoms with Crippen molar-refractivity contribution in [1.82, 2.24) is 15.1 Å². The second-order valence-corrected chi connectivity index (χ2v) is 13.8. The zero-order chi connectivity index (χ0) is 35.7. The van der Waals surface area contributed by atoms with Crippen LogP contribution in [0.1, 0.15) is 102 Å². The van der Waals surface area contributed by atoms with Crippen LogP contribution in [0.3, 0.4) is 0 Å². The number of ether oxygens (including phenoxy) is 1. The molecule has 1 fully saturated rings. The van der Waals surface area contributed by atoms with E-state index in [1.165, 1.54) is 18.0 Å². The number of hydrogen-bond acceptors (Lipinski definition) is 7. The highest BCUT2D eigenvalue weighted by molar-refractivity contribution is 6.48. The molecule has 11 heteroatoms. The van der Waals surface area contributed by atoms with Gasteiger partial charge in [0.1, 0.15) is 29.6 Å². The zero-order valence-electron chi connectivity index (χ0n) is 29.3. The molecule has 3 aliphatic heterocycles. The SMILES string of the molecule is CNC(=O)C(CCC=O)N1Cc2c(cc(F)cc2C2CCN(CCCCCCCc3cc(Oc4ccc5c(c4)CO[B]5)ccc3C#N)CC2)C1=O. The van der Waals surface area contributed by atoms with Crippen LogP contribution in [0.15, 0.2) is 48.5 Å². The lowest BCUT2D eigenvalue weighted by Gasteiger charge is -2.33. The van der Waals surface area contributed by atoms with Gasteiger partial charge in [0, 0.05) is 25.6 Å². The minimum Gasteiger partial charge on any atom is -0.457 e. The molecule has 9 nitrogen and oxygen atoms in total. The standard InChI is InChI=1S/C40H45BFN4O5/c1-44-39(48)38(9-7-19-47)46-25-36-34(22-31(42)23-35(36)40(46)49)27-14-17-45(18-15-27)16-6-4-2-3-5-8-28-20-32(11-10-29(28)24-43)51-33-12-13-37-30(21-33)26-50-41-37/h10-13,19-23,27,38H,2-9,14-18,25-26H2,1H3,(H,44,48). The summed E-state index contributed by atoms with van der Waals surface area (Å²) in [5, 5.41) is 12.3. The molecule has 3 heterocycles. The van der Waals surface area contributed by atoms with Crippen LogP contribution in [0.25, 0.3) is 0 Å². The number of aryl methyl sites for hydroxylation is 1. The van der Waals surface area contributed by atoms with Crippen molar-refractivity contribution in [1.29, 1.82) is 5.26 Å². The highest BCUT2D eigenvalue weighted by atomic mass is 19.1. The summed E-state index contributed by atoms with van der Waals surface area (Å²) in [5.74, 6) is 0.536. The second-order valence-electron chi connectivity index (χ2n) is 13.8. The lowest BCUT2D eigenvalue weighted by Crippen LogP contribution is -2.46. The van der Waals surface area contributed by atoms with Crippen LogP contribution < -0.4 is 15.5 Å². The van der Waals surface area contributed by atoms with Crippen molar-refractivity contribution in [3.05, 3.63) is 87.7 Å². The van der Waals surface area contributed by atoms with E-state index in [1.54, 1.807) is 13.5 Å². The molecule has 0 aliphatic carbocycles. The number of nitriles is 1. The van der Waals surface area contributed by atoms with Crippen LogP contribution >= 0.6 is 0 Å². The summed E-state index contributed by atoms with van der Waals surface area (Å²) in [7, 11) is 3.27. The van der Waals surface area contributed by atoms with Crippen LogP contribution in [0.4, 0.5) is 4.39 Å². The second kappa shape index (κ2) is 17.1. The number of amides is 2. The minimum absolute atomic E-state index is 0.149. The maximum Gasteiger partial charge on any atom is 0.330 e. The van der Waals surface area contributed by atoms with Crippen LogP contribution in [0.2, 0.25) is 0 Å². The lowest BCUT2D eigenvalue weighted by atomic mass is 9.85. The van der Waals surface area contributed by atoms with E-state index in [-0.39, 0.29) is 37.1 Å². The Labute approximate surface area is 300 Å². The quantitative estimate of drug-likeness (QED) is 0.117. The van der Waals surface area contributed by atoms with Crippen molar-refractivity contribution in [2.45, 2.75) is 89.3 Å². The van der Waals surface area contributed by atoms with Crippen LogP contribution in [0, 0.1) is 17.1 Å². The Kier molecular flexibility index (Phi) is 12.2. The first-order valence-electron chi connectivity index (χ1n) is 18.2. The van der Waals surface area contributed by atoms with Crippen molar-refractivity contribution in [2.24, 2.45) is 0 Å². The van der Waals surface area contributed by atoms with Gasteiger partial charge in [-0.05, 0) is 134 Å². The molecule has 3 aromatic rings. The predicted molar refractivity (Wildman–Crippen MR) is 192 cm³/mol. The molecule has 0 aromatic heterocycles.